The maximum Gasteiger partial charge on any atom is 0.319 e. The molecule has 2 aliphatic heterocycles. The molecule has 2 fully saturated rings. The lowest BCUT2D eigenvalue weighted by molar-refractivity contribution is -0.130. The molecule has 1 aromatic rings. The van der Waals surface area contributed by atoms with Gasteiger partial charge in [-0.1, -0.05) is 12.1 Å². The summed E-state index contributed by atoms with van der Waals surface area (Å²) in [6, 6.07) is 6.90. The number of piperidine rings is 1. The van der Waals surface area contributed by atoms with E-state index in [1.807, 2.05) is 9.80 Å². The van der Waals surface area contributed by atoms with Gasteiger partial charge in [0, 0.05) is 32.2 Å². The summed E-state index contributed by atoms with van der Waals surface area (Å²) in [5.74, 6) is 0.274. The van der Waals surface area contributed by atoms with Crippen molar-refractivity contribution < 1.29 is 19.4 Å². The van der Waals surface area contributed by atoms with Crippen LogP contribution >= 0.6 is 0 Å². The van der Waals surface area contributed by atoms with Gasteiger partial charge in [0.25, 0.3) is 5.91 Å². The zero-order valence-electron chi connectivity index (χ0n) is 15.2. The van der Waals surface area contributed by atoms with Gasteiger partial charge in [0.15, 0.2) is 6.10 Å². The molecule has 142 valence electrons. The molecule has 3 amide bonds. The van der Waals surface area contributed by atoms with E-state index in [9.17, 15) is 14.7 Å². The van der Waals surface area contributed by atoms with Crippen molar-refractivity contribution in [3.63, 3.8) is 0 Å². The van der Waals surface area contributed by atoms with Crippen molar-refractivity contribution in [1.82, 2.24) is 15.1 Å². The lowest BCUT2D eigenvalue weighted by Gasteiger charge is -2.35. The minimum atomic E-state index is -1.20. The van der Waals surface area contributed by atoms with E-state index >= 15 is 0 Å². The molecule has 26 heavy (non-hydrogen) atoms. The number of rotatable bonds is 4. The van der Waals surface area contributed by atoms with Gasteiger partial charge in [-0.3, -0.25) is 4.79 Å². The van der Waals surface area contributed by atoms with Gasteiger partial charge in [0.1, 0.15) is 5.75 Å². The average Bonchev–Trinajstić information content (AvgIpc) is 3.22. The van der Waals surface area contributed by atoms with Crippen LogP contribution in [0.3, 0.4) is 0 Å². The normalized spacial score (nSPS) is 19.3. The molecule has 0 bridgehead atoms. The van der Waals surface area contributed by atoms with Crippen LogP contribution in [0, 0.1) is 0 Å². The topological polar surface area (TPSA) is 82.1 Å². The number of nitrogens with one attached hydrogen (secondary N) is 1. The van der Waals surface area contributed by atoms with Crippen LogP contribution in [0.4, 0.5) is 4.79 Å². The fourth-order valence-corrected chi connectivity index (χ4v) is 3.54. The zero-order valence-corrected chi connectivity index (χ0v) is 15.2. The molecule has 2 aliphatic rings. The Balaban J connectivity index is 1.47. The Labute approximate surface area is 153 Å². The van der Waals surface area contributed by atoms with Crippen LogP contribution < -0.4 is 10.1 Å². The number of hydrogen-bond acceptors (Lipinski definition) is 4. The van der Waals surface area contributed by atoms with Gasteiger partial charge in [-0.25, -0.2) is 4.79 Å². The average molecular weight is 361 g/mol. The SMILES string of the molecule is COc1ccc(C(O)C(=O)NC2CCN(C(=O)N3CCCC3)CC2)cc1. The first-order chi connectivity index (χ1) is 12.6. The van der Waals surface area contributed by atoms with Gasteiger partial charge in [-0.2, -0.15) is 0 Å². The fourth-order valence-electron chi connectivity index (χ4n) is 3.54. The number of carbonyl (C=O) groups is 2. The molecule has 2 N–H and O–H groups in total. The van der Waals surface area contributed by atoms with Gasteiger partial charge in [-0.05, 0) is 43.4 Å². The van der Waals surface area contributed by atoms with Crippen molar-refractivity contribution in [3.8, 4) is 5.75 Å². The highest BCUT2D eigenvalue weighted by Gasteiger charge is 2.29. The van der Waals surface area contributed by atoms with Gasteiger partial charge in [0.2, 0.25) is 0 Å². The summed E-state index contributed by atoms with van der Waals surface area (Å²) >= 11 is 0. The number of ether oxygens (including phenoxy) is 1. The Bertz CT molecular complexity index is 620. The minimum Gasteiger partial charge on any atom is -0.497 e. The highest BCUT2D eigenvalue weighted by atomic mass is 16.5. The van der Waals surface area contributed by atoms with E-state index in [4.69, 9.17) is 4.74 Å². The monoisotopic (exact) mass is 361 g/mol. The maximum absolute atomic E-state index is 12.4. The van der Waals surface area contributed by atoms with Gasteiger partial charge < -0.3 is 25.0 Å². The summed E-state index contributed by atoms with van der Waals surface area (Å²) in [4.78, 5) is 28.5. The predicted molar refractivity (Wildman–Crippen MR) is 96.9 cm³/mol. The fraction of sp³-hybridized carbons (Fsp3) is 0.579. The van der Waals surface area contributed by atoms with E-state index in [1.165, 1.54) is 0 Å². The molecule has 1 unspecified atom stereocenters. The minimum absolute atomic E-state index is 0.0157. The number of methoxy groups -OCH3 is 1. The summed E-state index contributed by atoms with van der Waals surface area (Å²) in [6.07, 6.45) is 2.38. The Morgan fingerprint density at radius 1 is 1.08 bits per heavy atom. The van der Waals surface area contributed by atoms with Crippen LogP contribution in [0.25, 0.3) is 0 Å². The third-order valence-corrected chi connectivity index (χ3v) is 5.17. The molecule has 2 saturated heterocycles. The third-order valence-electron chi connectivity index (χ3n) is 5.17. The Hall–Kier alpha value is -2.28. The Morgan fingerprint density at radius 3 is 2.23 bits per heavy atom. The Morgan fingerprint density at radius 2 is 1.65 bits per heavy atom. The van der Waals surface area contributed by atoms with Crippen LogP contribution in [0.5, 0.6) is 5.75 Å². The van der Waals surface area contributed by atoms with Crippen LogP contribution in [0.2, 0.25) is 0 Å². The number of carbonyl (C=O) groups excluding carboxylic acids is 2. The molecule has 1 atom stereocenters. The maximum atomic E-state index is 12.4. The van der Waals surface area contributed by atoms with Gasteiger partial charge in [0.05, 0.1) is 7.11 Å². The highest BCUT2D eigenvalue weighted by molar-refractivity contribution is 5.82. The Kier molecular flexibility index (Phi) is 5.98. The number of benzene rings is 1. The first kappa shape index (κ1) is 18.5. The molecule has 1 aromatic carbocycles. The van der Waals surface area contributed by atoms with E-state index < -0.39 is 12.0 Å². The molecule has 7 heteroatoms. The van der Waals surface area contributed by atoms with Crippen LogP contribution in [-0.4, -0.2) is 66.2 Å². The van der Waals surface area contributed by atoms with E-state index in [0.29, 0.717) is 37.2 Å². The molecule has 0 aromatic heterocycles. The second-order valence-corrected chi connectivity index (χ2v) is 6.92. The number of urea groups is 1. The molecule has 0 radical (unpaired) electrons. The number of nitrogens with zero attached hydrogens (tertiary/aromatic N) is 2. The molecule has 0 saturated carbocycles. The van der Waals surface area contributed by atoms with E-state index in [2.05, 4.69) is 5.32 Å². The second-order valence-electron chi connectivity index (χ2n) is 6.92. The molecular formula is C19H27N3O4. The molecule has 2 heterocycles. The van der Waals surface area contributed by atoms with Crippen molar-refractivity contribution in [2.45, 2.75) is 37.8 Å². The smallest absolute Gasteiger partial charge is 0.319 e. The first-order valence-corrected chi connectivity index (χ1v) is 9.24. The van der Waals surface area contributed by atoms with Crippen LogP contribution in [0.1, 0.15) is 37.4 Å². The van der Waals surface area contributed by atoms with Crippen LogP contribution in [-0.2, 0) is 4.79 Å². The number of hydrogen-bond donors (Lipinski definition) is 2. The summed E-state index contributed by atoms with van der Waals surface area (Å²) in [6.45, 7) is 2.98. The first-order valence-electron chi connectivity index (χ1n) is 9.24. The number of likely N-dealkylation sites (tertiary alicyclic amines) is 2. The quantitative estimate of drug-likeness (QED) is 0.852. The van der Waals surface area contributed by atoms with Crippen molar-refractivity contribution in [3.05, 3.63) is 29.8 Å². The molecule has 3 rings (SSSR count). The van der Waals surface area contributed by atoms with Crippen molar-refractivity contribution >= 4 is 11.9 Å². The second kappa shape index (κ2) is 8.40. The van der Waals surface area contributed by atoms with Crippen molar-refractivity contribution in [2.24, 2.45) is 0 Å². The highest BCUT2D eigenvalue weighted by Crippen LogP contribution is 2.20. The summed E-state index contributed by atoms with van der Waals surface area (Å²) in [5, 5.41) is 13.1. The van der Waals surface area contributed by atoms with E-state index in [-0.39, 0.29) is 12.1 Å². The van der Waals surface area contributed by atoms with E-state index in [1.54, 1.807) is 31.4 Å². The lowest BCUT2D eigenvalue weighted by Crippen LogP contribution is -2.50. The third kappa shape index (κ3) is 4.27. The van der Waals surface area contributed by atoms with Crippen molar-refractivity contribution in [1.29, 1.82) is 0 Å². The summed E-state index contributed by atoms with van der Waals surface area (Å²) < 4.78 is 5.08. The largest absolute Gasteiger partial charge is 0.497 e. The molecule has 0 spiro atoms. The van der Waals surface area contributed by atoms with Gasteiger partial charge in [-0.15, -0.1) is 0 Å². The van der Waals surface area contributed by atoms with Crippen molar-refractivity contribution in [2.75, 3.05) is 33.3 Å². The standard InChI is InChI=1S/C19H27N3O4/c1-26-16-6-4-14(5-7-16)17(23)18(24)20-15-8-12-22(13-9-15)19(25)21-10-2-3-11-21/h4-7,15,17,23H,2-3,8-13H2,1H3,(H,20,24). The number of amides is 3. The predicted octanol–water partition coefficient (Wildman–Crippen LogP) is 1.52. The lowest BCUT2D eigenvalue weighted by atomic mass is 10.0. The summed E-state index contributed by atoms with van der Waals surface area (Å²) in [7, 11) is 1.57. The number of aliphatic hydroxyl groups is 1. The zero-order chi connectivity index (χ0) is 18.5. The van der Waals surface area contributed by atoms with E-state index in [0.717, 1.165) is 25.9 Å². The molecular weight excluding hydrogens is 334 g/mol. The number of aliphatic hydroxyl groups excluding tert-OH is 1. The summed E-state index contributed by atoms with van der Waals surface area (Å²) in [5.41, 5.74) is 0.532. The molecule has 7 nitrogen and oxygen atoms in total. The van der Waals surface area contributed by atoms with Crippen LogP contribution in [0.15, 0.2) is 24.3 Å². The molecule has 0 aliphatic carbocycles. The van der Waals surface area contributed by atoms with Gasteiger partial charge >= 0.3 is 6.03 Å².